The minimum absolute atomic E-state index is 0.186. The number of aromatic carboxylic acids is 1. The van der Waals surface area contributed by atoms with E-state index in [0.29, 0.717) is 30.3 Å². The third-order valence-corrected chi connectivity index (χ3v) is 2.48. The van der Waals surface area contributed by atoms with Gasteiger partial charge in [-0.3, -0.25) is 4.68 Å². The van der Waals surface area contributed by atoms with Crippen LogP contribution in [0.1, 0.15) is 21.9 Å². The van der Waals surface area contributed by atoms with Crippen molar-refractivity contribution in [2.24, 2.45) is 7.05 Å². The Bertz CT molecular complexity index is 546. The Kier molecular flexibility index (Phi) is 3.26. The summed E-state index contributed by atoms with van der Waals surface area (Å²) in [7, 11) is 1.69. The van der Waals surface area contributed by atoms with Gasteiger partial charge in [0, 0.05) is 20.0 Å². The standard InChI is InChI=1S/C10H13N5O3/c1-6-8(10(16)17)9(15(2)13-6)11-4-3-7-12-5-18-14-7/h5,11H,3-4H2,1-2H3,(H,16,17). The summed E-state index contributed by atoms with van der Waals surface area (Å²) in [5.74, 6) is 0.0458. The van der Waals surface area contributed by atoms with Crippen LogP contribution in [0.25, 0.3) is 0 Å². The molecular formula is C10H13N5O3. The number of aromatic nitrogens is 4. The van der Waals surface area contributed by atoms with Crippen molar-refractivity contribution >= 4 is 11.8 Å². The SMILES string of the molecule is Cc1nn(C)c(NCCc2ncon2)c1C(=O)O. The lowest BCUT2D eigenvalue weighted by atomic mass is 10.2. The summed E-state index contributed by atoms with van der Waals surface area (Å²) in [5.41, 5.74) is 0.665. The zero-order valence-corrected chi connectivity index (χ0v) is 10.0. The molecule has 2 N–H and O–H groups in total. The molecule has 0 aromatic carbocycles. The molecule has 0 radical (unpaired) electrons. The number of anilines is 1. The van der Waals surface area contributed by atoms with Crippen LogP contribution in [0.15, 0.2) is 10.9 Å². The van der Waals surface area contributed by atoms with Crippen LogP contribution in [0.5, 0.6) is 0 Å². The number of nitrogens with one attached hydrogen (secondary N) is 1. The van der Waals surface area contributed by atoms with E-state index in [1.807, 2.05) is 0 Å². The molecule has 96 valence electrons. The normalized spacial score (nSPS) is 10.6. The second-order valence-electron chi connectivity index (χ2n) is 3.76. The molecule has 0 spiro atoms. The van der Waals surface area contributed by atoms with E-state index in [0.717, 1.165) is 0 Å². The molecule has 0 amide bonds. The third-order valence-electron chi connectivity index (χ3n) is 2.48. The topological polar surface area (TPSA) is 106 Å². The first kappa shape index (κ1) is 12.1. The van der Waals surface area contributed by atoms with Crippen molar-refractivity contribution in [1.29, 1.82) is 0 Å². The van der Waals surface area contributed by atoms with Gasteiger partial charge >= 0.3 is 5.97 Å². The van der Waals surface area contributed by atoms with Crippen LogP contribution in [-0.2, 0) is 13.5 Å². The number of nitrogens with zero attached hydrogens (tertiary/aromatic N) is 4. The second kappa shape index (κ2) is 4.86. The summed E-state index contributed by atoms with van der Waals surface area (Å²) in [6.45, 7) is 2.16. The Hall–Kier alpha value is -2.38. The zero-order chi connectivity index (χ0) is 13.1. The van der Waals surface area contributed by atoms with E-state index in [2.05, 4.69) is 25.1 Å². The van der Waals surface area contributed by atoms with E-state index in [1.54, 1.807) is 14.0 Å². The number of hydrogen-bond acceptors (Lipinski definition) is 6. The molecule has 0 fully saturated rings. The fraction of sp³-hybridized carbons (Fsp3) is 0.400. The fourth-order valence-corrected chi connectivity index (χ4v) is 1.71. The number of hydrogen-bond donors (Lipinski definition) is 2. The molecule has 0 saturated heterocycles. The molecule has 2 aromatic heterocycles. The fourth-order valence-electron chi connectivity index (χ4n) is 1.71. The van der Waals surface area contributed by atoms with E-state index in [9.17, 15) is 4.79 Å². The first-order valence-corrected chi connectivity index (χ1v) is 5.35. The molecular weight excluding hydrogens is 238 g/mol. The first-order valence-electron chi connectivity index (χ1n) is 5.35. The molecule has 0 aliphatic heterocycles. The first-order chi connectivity index (χ1) is 8.59. The number of carboxylic acid groups (broad SMARTS) is 1. The molecule has 8 nitrogen and oxygen atoms in total. The summed E-state index contributed by atoms with van der Waals surface area (Å²) in [5, 5.41) is 19.9. The van der Waals surface area contributed by atoms with E-state index in [-0.39, 0.29) is 5.56 Å². The predicted molar refractivity (Wildman–Crippen MR) is 61.4 cm³/mol. The molecule has 2 rings (SSSR count). The van der Waals surface area contributed by atoms with Crippen LogP contribution < -0.4 is 5.32 Å². The van der Waals surface area contributed by atoms with Gasteiger partial charge in [0.25, 0.3) is 0 Å². The van der Waals surface area contributed by atoms with Crippen LogP contribution in [-0.4, -0.2) is 37.5 Å². The van der Waals surface area contributed by atoms with Crippen LogP contribution in [0.3, 0.4) is 0 Å². The van der Waals surface area contributed by atoms with Crippen molar-refractivity contribution in [2.45, 2.75) is 13.3 Å². The summed E-state index contributed by atoms with van der Waals surface area (Å²) in [6, 6.07) is 0. The van der Waals surface area contributed by atoms with Gasteiger partial charge in [-0.15, -0.1) is 0 Å². The van der Waals surface area contributed by atoms with Crippen LogP contribution >= 0.6 is 0 Å². The van der Waals surface area contributed by atoms with Gasteiger partial charge in [-0.1, -0.05) is 5.16 Å². The molecule has 8 heteroatoms. The van der Waals surface area contributed by atoms with Crippen molar-refractivity contribution < 1.29 is 14.4 Å². The average Bonchev–Trinajstić information content (AvgIpc) is 2.87. The molecule has 2 heterocycles. The maximum Gasteiger partial charge on any atom is 0.341 e. The summed E-state index contributed by atoms with van der Waals surface area (Å²) in [4.78, 5) is 15.0. The highest BCUT2D eigenvalue weighted by molar-refractivity contribution is 5.94. The number of rotatable bonds is 5. The lowest BCUT2D eigenvalue weighted by Gasteiger charge is -2.06. The van der Waals surface area contributed by atoms with Gasteiger partial charge in [0.15, 0.2) is 5.82 Å². The van der Waals surface area contributed by atoms with Crippen molar-refractivity contribution in [2.75, 3.05) is 11.9 Å². The van der Waals surface area contributed by atoms with Crippen molar-refractivity contribution in [3.05, 3.63) is 23.5 Å². The second-order valence-corrected chi connectivity index (χ2v) is 3.76. The van der Waals surface area contributed by atoms with Crippen LogP contribution in [0.2, 0.25) is 0 Å². The highest BCUT2D eigenvalue weighted by Gasteiger charge is 2.19. The summed E-state index contributed by atoms with van der Waals surface area (Å²) < 4.78 is 6.12. The minimum atomic E-state index is -0.998. The smallest absolute Gasteiger partial charge is 0.341 e. The van der Waals surface area contributed by atoms with Gasteiger partial charge in [0.05, 0.1) is 5.69 Å². The van der Waals surface area contributed by atoms with Crippen LogP contribution in [0, 0.1) is 6.92 Å². The minimum Gasteiger partial charge on any atom is -0.477 e. The van der Waals surface area contributed by atoms with Crippen molar-refractivity contribution in [3.8, 4) is 0 Å². The maximum absolute atomic E-state index is 11.1. The molecule has 0 saturated carbocycles. The van der Waals surface area contributed by atoms with Crippen LogP contribution in [0.4, 0.5) is 5.82 Å². The highest BCUT2D eigenvalue weighted by atomic mass is 16.5. The van der Waals surface area contributed by atoms with E-state index in [1.165, 1.54) is 11.1 Å². The van der Waals surface area contributed by atoms with Gasteiger partial charge < -0.3 is 14.9 Å². The molecule has 0 aliphatic carbocycles. The quantitative estimate of drug-likeness (QED) is 0.795. The van der Waals surface area contributed by atoms with Gasteiger partial charge in [0.2, 0.25) is 6.39 Å². The van der Waals surface area contributed by atoms with E-state index < -0.39 is 5.97 Å². The Morgan fingerprint density at radius 3 is 3.00 bits per heavy atom. The monoisotopic (exact) mass is 251 g/mol. The molecule has 18 heavy (non-hydrogen) atoms. The predicted octanol–water partition coefficient (Wildman–Crippen LogP) is 0.464. The van der Waals surface area contributed by atoms with Crippen molar-refractivity contribution in [3.63, 3.8) is 0 Å². The molecule has 0 unspecified atom stereocenters. The summed E-state index contributed by atoms with van der Waals surface area (Å²) in [6.07, 6.45) is 1.80. The Morgan fingerprint density at radius 2 is 2.39 bits per heavy atom. The summed E-state index contributed by atoms with van der Waals surface area (Å²) >= 11 is 0. The lowest BCUT2D eigenvalue weighted by molar-refractivity contribution is 0.0697. The van der Waals surface area contributed by atoms with Crippen molar-refractivity contribution in [1.82, 2.24) is 19.9 Å². The van der Waals surface area contributed by atoms with E-state index in [4.69, 9.17) is 5.11 Å². The van der Waals surface area contributed by atoms with Gasteiger partial charge in [0.1, 0.15) is 11.4 Å². The largest absolute Gasteiger partial charge is 0.477 e. The highest BCUT2D eigenvalue weighted by Crippen LogP contribution is 2.18. The molecule has 0 bridgehead atoms. The lowest BCUT2D eigenvalue weighted by Crippen LogP contribution is -2.12. The number of aryl methyl sites for hydroxylation is 2. The Labute approximate surface area is 103 Å². The molecule has 2 aromatic rings. The Balaban J connectivity index is 2.07. The van der Waals surface area contributed by atoms with Gasteiger partial charge in [-0.25, -0.2) is 4.79 Å². The van der Waals surface area contributed by atoms with Gasteiger partial charge in [-0.2, -0.15) is 10.1 Å². The third kappa shape index (κ3) is 2.31. The maximum atomic E-state index is 11.1. The number of carboxylic acids is 1. The Morgan fingerprint density at radius 1 is 1.61 bits per heavy atom. The van der Waals surface area contributed by atoms with Gasteiger partial charge in [-0.05, 0) is 6.92 Å². The average molecular weight is 251 g/mol. The number of carbonyl (C=O) groups is 1. The van der Waals surface area contributed by atoms with E-state index >= 15 is 0 Å². The zero-order valence-electron chi connectivity index (χ0n) is 10.0. The molecule has 0 atom stereocenters. The molecule has 0 aliphatic rings.